The lowest BCUT2D eigenvalue weighted by atomic mass is 10.0. The summed E-state index contributed by atoms with van der Waals surface area (Å²) in [6.45, 7) is 13.1. The number of hydrogen-bond donors (Lipinski definition) is 2. The lowest BCUT2D eigenvalue weighted by Crippen LogP contribution is -2.29. The molecule has 2 nitrogen and oxygen atoms in total. The van der Waals surface area contributed by atoms with Crippen LogP contribution in [0.2, 0.25) is 0 Å². The van der Waals surface area contributed by atoms with Gasteiger partial charge in [-0.2, -0.15) is 0 Å². The second kappa shape index (κ2) is 4.99. The zero-order chi connectivity index (χ0) is 13.1. The molecule has 0 atom stereocenters. The third-order valence-electron chi connectivity index (χ3n) is 2.77. The summed E-state index contributed by atoms with van der Waals surface area (Å²) in [5, 5.41) is 6.99. The van der Waals surface area contributed by atoms with Gasteiger partial charge in [0.2, 0.25) is 0 Å². The van der Waals surface area contributed by atoms with Crippen molar-refractivity contribution in [2.75, 3.05) is 10.6 Å². The third kappa shape index (κ3) is 5.12. The molecule has 0 unspecified atom stereocenters. The maximum Gasteiger partial charge on any atom is 0.0345 e. The lowest BCUT2D eigenvalue weighted by Gasteiger charge is -2.26. The van der Waals surface area contributed by atoms with Crippen molar-refractivity contribution in [1.29, 1.82) is 0 Å². The molecule has 17 heavy (non-hydrogen) atoms. The normalized spacial score (nSPS) is 12.4. The minimum Gasteiger partial charge on any atom is -0.380 e. The van der Waals surface area contributed by atoms with Crippen molar-refractivity contribution in [3.05, 3.63) is 24.3 Å². The maximum atomic E-state index is 3.53. The van der Waals surface area contributed by atoms with Crippen molar-refractivity contribution < 1.29 is 0 Å². The molecule has 1 rings (SSSR count). The first-order valence-electron chi connectivity index (χ1n) is 6.38. The molecular weight excluding hydrogens is 208 g/mol. The summed E-state index contributed by atoms with van der Waals surface area (Å²) in [5.74, 6) is 0. The molecule has 1 aromatic carbocycles. The summed E-state index contributed by atoms with van der Waals surface area (Å²) in [7, 11) is 0. The van der Waals surface area contributed by atoms with Crippen LogP contribution in [0.1, 0.15) is 48.0 Å². The van der Waals surface area contributed by atoms with Crippen LogP contribution in [0.25, 0.3) is 0 Å². The molecule has 0 aliphatic carbocycles. The van der Waals surface area contributed by atoms with Gasteiger partial charge in [-0.1, -0.05) is 6.92 Å². The summed E-state index contributed by atoms with van der Waals surface area (Å²) in [6.07, 6.45) is 1.11. The topological polar surface area (TPSA) is 24.1 Å². The van der Waals surface area contributed by atoms with E-state index in [-0.39, 0.29) is 11.1 Å². The van der Waals surface area contributed by atoms with Crippen molar-refractivity contribution in [2.24, 2.45) is 0 Å². The van der Waals surface area contributed by atoms with Crippen LogP contribution in [0.3, 0.4) is 0 Å². The van der Waals surface area contributed by atoms with Crippen molar-refractivity contribution in [1.82, 2.24) is 0 Å². The van der Waals surface area contributed by atoms with E-state index in [0.717, 1.165) is 12.1 Å². The van der Waals surface area contributed by atoms with Gasteiger partial charge in [-0.15, -0.1) is 0 Å². The molecule has 0 fully saturated rings. The number of nitrogens with one attached hydrogen (secondary N) is 2. The molecule has 0 aromatic heterocycles. The Kier molecular flexibility index (Phi) is 4.07. The highest BCUT2D eigenvalue weighted by Crippen LogP contribution is 2.21. The van der Waals surface area contributed by atoms with Crippen LogP contribution in [-0.2, 0) is 0 Å². The minimum absolute atomic E-state index is 0.109. The molecule has 2 N–H and O–H groups in total. The second-order valence-electron chi connectivity index (χ2n) is 6.31. The maximum absolute atomic E-state index is 3.53. The van der Waals surface area contributed by atoms with E-state index in [1.165, 1.54) is 5.69 Å². The SMILES string of the molecule is CCC(C)(C)Nc1ccc(NC(C)(C)C)cc1. The average Bonchev–Trinajstić information content (AvgIpc) is 2.19. The Morgan fingerprint density at radius 2 is 1.24 bits per heavy atom. The predicted octanol–water partition coefficient (Wildman–Crippen LogP) is 4.50. The largest absolute Gasteiger partial charge is 0.380 e. The Bertz CT molecular complexity index is 344. The van der Waals surface area contributed by atoms with Gasteiger partial charge in [0.15, 0.2) is 0 Å². The summed E-state index contributed by atoms with van der Waals surface area (Å²) in [5.41, 5.74) is 2.60. The molecule has 0 spiro atoms. The molecule has 2 heteroatoms. The van der Waals surface area contributed by atoms with Gasteiger partial charge in [0, 0.05) is 22.5 Å². The van der Waals surface area contributed by atoms with Gasteiger partial charge in [-0.05, 0) is 65.3 Å². The van der Waals surface area contributed by atoms with Gasteiger partial charge in [-0.3, -0.25) is 0 Å². The molecule has 0 radical (unpaired) electrons. The molecular formula is C15H26N2. The average molecular weight is 234 g/mol. The first kappa shape index (κ1) is 13.9. The van der Waals surface area contributed by atoms with Crippen molar-refractivity contribution in [3.8, 4) is 0 Å². The zero-order valence-corrected chi connectivity index (χ0v) is 12.0. The molecule has 0 saturated heterocycles. The highest BCUT2D eigenvalue weighted by Gasteiger charge is 2.14. The number of anilines is 2. The molecule has 0 heterocycles. The summed E-state index contributed by atoms with van der Waals surface area (Å²) < 4.78 is 0. The fourth-order valence-corrected chi connectivity index (χ4v) is 1.55. The van der Waals surface area contributed by atoms with Crippen molar-refractivity contribution >= 4 is 11.4 Å². The monoisotopic (exact) mass is 234 g/mol. The van der Waals surface area contributed by atoms with Crippen LogP contribution in [0.15, 0.2) is 24.3 Å². The Hall–Kier alpha value is -1.18. The lowest BCUT2D eigenvalue weighted by molar-refractivity contribution is 0.547. The van der Waals surface area contributed by atoms with E-state index in [1.54, 1.807) is 0 Å². The standard InChI is InChI=1S/C15H26N2/c1-7-15(5,6)17-13-10-8-12(9-11-13)16-14(2,3)4/h8-11,16-17H,7H2,1-6H3. The van der Waals surface area contributed by atoms with E-state index < -0.39 is 0 Å². The molecule has 0 aliphatic heterocycles. The number of rotatable bonds is 4. The van der Waals surface area contributed by atoms with Crippen LogP contribution < -0.4 is 10.6 Å². The van der Waals surface area contributed by atoms with E-state index in [1.807, 2.05) is 0 Å². The van der Waals surface area contributed by atoms with Gasteiger partial charge in [-0.25, -0.2) is 0 Å². The van der Waals surface area contributed by atoms with Gasteiger partial charge < -0.3 is 10.6 Å². The highest BCUT2D eigenvalue weighted by atomic mass is 15.0. The summed E-state index contributed by atoms with van der Waals surface area (Å²) >= 11 is 0. The van der Waals surface area contributed by atoms with E-state index in [2.05, 4.69) is 76.4 Å². The van der Waals surface area contributed by atoms with E-state index in [0.29, 0.717) is 0 Å². The Morgan fingerprint density at radius 1 is 0.824 bits per heavy atom. The fraction of sp³-hybridized carbons (Fsp3) is 0.600. The summed E-state index contributed by atoms with van der Waals surface area (Å²) in [6, 6.07) is 8.51. The van der Waals surface area contributed by atoms with E-state index in [4.69, 9.17) is 0 Å². The Labute approximate surface area is 106 Å². The van der Waals surface area contributed by atoms with Crippen LogP contribution in [0.4, 0.5) is 11.4 Å². The van der Waals surface area contributed by atoms with Crippen LogP contribution in [0, 0.1) is 0 Å². The molecule has 0 amide bonds. The van der Waals surface area contributed by atoms with Crippen LogP contribution >= 0.6 is 0 Å². The van der Waals surface area contributed by atoms with E-state index in [9.17, 15) is 0 Å². The summed E-state index contributed by atoms with van der Waals surface area (Å²) in [4.78, 5) is 0. The van der Waals surface area contributed by atoms with Gasteiger partial charge in [0.25, 0.3) is 0 Å². The van der Waals surface area contributed by atoms with Gasteiger partial charge in [0.05, 0.1) is 0 Å². The van der Waals surface area contributed by atoms with E-state index >= 15 is 0 Å². The second-order valence-corrected chi connectivity index (χ2v) is 6.31. The predicted molar refractivity (Wildman–Crippen MR) is 77.8 cm³/mol. The minimum atomic E-state index is 0.109. The first-order valence-corrected chi connectivity index (χ1v) is 6.38. The molecule has 0 bridgehead atoms. The highest BCUT2D eigenvalue weighted by molar-refractivity contribution is 5.55. The Balaban J connectivity index is 2.69. The molecule has 0 aliphatic rings. The molecule has 1 aromatic rings. The van der Waals surface area contributed by atoms with Gasteiger partial charge in [0.1, 0.15) is 0 Å². The van der Waals surface area contributed by atoms with Crippen molar-refractivity contribution in [2.45, 2.75) is 59.0 Å². The molecule has 96 valence electrons. The molecule has 0 saturated carbocycles. The first-order chi connectivity index (χ1) is 7.72. The number of hydrogen-bond acceptors (Lipinski definition) is 2. The van der Waals surface area contributed by atoms with Crippen molar-refractivity contribution in [3.63, 3.8) is 0 Å². The Morgan fingerprint density at radius 3 is 1.59 bits per heavy atom. The van der Waals surface area contributed by atoms with Crippen LogP contribution in [-0.4, -0.2) is 11.1 Å². The third-order valence-corrected chi connectivity index (χ3v) is 2.77. The zero-order valence-electron chi connectivity index (χ0n) is 12.0. The van der Waals surface area contributed by atoms with Crippen LogP contribution in [0.5, 0.6) is 0 Å². The fourth-order valence-electron chi connectivity index (χ4n) is 1.55. The van der Waals surface area contributed by atoms with Gasteiger partial charge >= 0.3 is 0 Å². The quantitative estimate of drug-likeness (QED) is 0.801. The number of benzene rings is 1. The smallest absolute Gasteiger partial charge is 0.0345 e.